The lowest BCUT2D eigenvalue weighted by atomic mass is 10.1. The number of anilines is 1. The summed E-state index contributed by atoms with van der Waals surface area (Å²) >= 11 is 3.27. The number of carboxylic acids is 1. The van der Waals surface area contributed by atoms with Crippen LogP contribution in [-0.4, -0.2) is 17.0 Å². The van der Waals surface area contributed by atoms with Crippen LogP contribution in [0.2, 0.25) is 0 Å². The standard InChI is InChI=1S/C12H14BrNO3/c1-7(2)5-11(15)14-10-6-8(12(16)17)3-4-9(10)13/h3-4,6-7H,5H2,1-2H3,(H,14,15)(H,16,17). The topological polar surface area (TPSA) is 66.4 Å². The Kier molecular flexibility index (Phi) is 4.69. The number of halogens is 1. The van der Waals surface area contributed by atoms with Gasteiger partial charge in [-0.2, -0.15) is 0 Å². The molecule has 17 heavy (non-hydrogen) atoms. The number of carbonyl (C=O) groups excluding carboxylic acids is 1. The maximum absolute atomic E-state index is 11.6. The van der Waals surface area contributed by atoms with Crippen LogP contribution in [0.25, 0.3) is 0 Å². The van der Waals surface area contributed by atoms with E-state index in [1.54, 1.807) is 6.07 Å². The van der Waals surface area contributed by atoms with Gasteiger partial charge in [-0.15, -0.1) is 0 Å². The third-order valence-corrected chi connectivity index (χ3v) is 2.77. The molecule has 0 aliphatic heterocycles. The fourth-order valence-corrected chi connectivity index (χ4v) is 1.67. The normalized spacial score (nSPS) is 10.4. The molecule has 5 heteroatoms. The maximum Gasteiger partial charge on any atom is 0.335 e. The molecule has 0 bridgehead atoms. The van der Waals surface area contributed by atoms with Gasteiger partial charge in [-0.25, -0.2) is 4.79 Å². The molecule has 0 saturated carbocycles. The summed E-state index contributed by atoms with van der Waals surface area (Å²) in [6.45, 7) is 3.89. The maximum atomic E-state index is 11.6. The van der Waals surface area contributed by atoms with Crippen LogP contribution in [0.5, 0.6) is 0 Å². The Morgan fingerprint density at radius 1 is 1.41 bits per heavy atom. The first-order chi connectivity index (χ1) is 7.90. The molecule has 1 rings (SSSR count). The highest BCUT2D eigenvalue weighted by Gasteiger charge is 2.10. The first-order valence-electron chi connectivity index (χ1n) is 5.23. The van der Waals surface area contributed by atoms with Crippen LogP contribution in [0, 0.1) is 5.92 Å². The van der Waals surface area contributed by atoms with Gasteiger partial charge in [0, 0.05) is 10.9 Å². The molecule has 1 aromatic rings. The Morgan fingerprint density at radius 2 is 2.06 bits per heavy atom. The number of carboxylic acid groups (broad SMARTS) is 1. The minimum Gasteiger partial charge on any atom is -0.478 e. The first-order valence-corrected chi connectivity index (χ1v) is 6.02. The Labute approximate surface area is 108 Å². The molecule has 0 radical (unpaired) electrons. The quantitative estimate of drug-likeness (QED) is 0.897. The molecule has 1 amide bonds. The number of carbonyl (C=O) groups is 2. The second-order valence-corrected chi connectivity index (χ2v) is 5.00. The van der Waals surface area contributed by atoms with Crippen molar-refractivity contribution in [2.75, 3.05) is 5.32 Å². The summed E-state index contributed by atoms with van der Waals surface area (Å²) in [6.07, 6.45) is 0.406. The zero-order chi connectivity index (χ0) is 13.0. The van der Waals surface area contributed by atoms with E-state index in [1.807, 2.05) is 13.8 Å². The van der Waals surface area contributed by atoms with E-state index in [9.17, 15) is 9.59 Å². The fourth-order valence-electron chi connectivity index (χ4n) is 1.33. The second kappa shape index (κ2) is 5.82. The van der Waals surface area contributed by atoms with Crippen LogP contribution < -0.4 is 5.32 Å². The van der Waals surface area contributed by atoms with E-state index in [2.05, 4.69) is 21.2 Å². The van der Waals surface area contributed by atoms with Crippen LogP contribution >= 0.6 is 15.9 Å². The minimum atomic E-state index is -1.02. The largest absolute Gasteiger partial charge is 0.478 e. The van der Waals surface area contributed by atoms with Crippen LogP contribution in [0.15, 0.2) is 22.7 Å². The van der Waals surface area contributed by atoms with Gasteiger partial charge in [-0.3, -0.25) is 4.79 Å². The molecular weight excluding hydrogens is 286 g/mol. The molecule has 0 heterocycles. The van der Waals surface area contributed by atoms with Gasteiger partial charge >= 0.3 is 5.97 Å². The number of amides is 1. The molecule has 0 aliphatic carbocycles. The average Bonchev–Trinajstić information content (AvgIpc) is 2.19. The van der Waals surface area contributed by atoms with Crippen molar-refractivity contribution in [2.45, 2.75) is 20.3 Å². The molecule has 0 aliphatic rings. The van der Waals surface area contributed by atoms with E-state index < -0.39 is 5.97 Å². The van der Waals surface area contributed by atoms with Crippen molar-refractivity contribution in [1.82, 2.24) is 0 Å². The number of nitrogens with one attached hydrogen (secondary N) is 1. The number of rotatable bonds is 4. The molecule has 0 saturated heterocycles. The van der Waals surface area contributed by atoms with Crippen LogP contribution in [0.4, 0.5) is 5.69 Å². The molecular formula is C12H14BrNO3. The number of aromatic carboxylic acids is 1. The molecule has 0 aromatic heterocycles. The molecule has 4 nitrogen and oxygen atoms in total. The van der Waals surface area contributed by atoms with E-state index in [0.717, 1.165) is 0 Å². The molecule has 0 fully saturated rings. The number of hydrogen-bond acceptors (Lipinski definition) is 2. The minimum absolute atomic E-state index is 0.122. The zero-order valence-electron chi connectivity index (χ0n) is 9.66. The number of hydrogen-bond donors (Lipinski definition) is 2. The van der Waals surface area contributed by atoms with Gasteiger partial charge in [0.05, 0.1) is 11.3 Å². The third kappa shape index (κ3) is 4.19. The first kappa shape index (κ1) is 13.7. The van der Waals surface area contributed by atoms with Crippen molar-refractivity contribution in [3.63, 3.8) is 0 Å². The van der Waals surface area contributed by atoms with Crippen molar-refractivity contribution >= 4 is 33.5 Å². The van der Waals surface area contributed by atoms with E-state index in [1.165, 1.54) is 12.1 Å². The molecule has 0 atom stereocenters. The van der Waals surface area contributed by atoms with Crippen molar-refractivity contribution in [3.05, 3.63) is 28.2 Å². The van der Waals surface area contributed by atoms with Gasteiger partial charge in [-0.05, 0) is 40.0 Å². The van der Waals surface area contributed by atoms with E-state index in [-0.39, 0.29) is 17.4 Å². The number of benzene rings is 1. The molecule has 2 N–H and O–H groups in total. The van der Waals surface area contributed by atoms with Gasteiger partial charge in [0.2, 0.25) is 5.91 Å². The highest BCUT2D eigenvalue weighted by molar-refractivity contribution is 9.10. The van der Waals surface area contributed by atoms with E-state index >= 15 is 0 Å². The smallest absolute Gasteiger partial charge is 0.335 e. The summed E-state index contributed by atoms with van der Waals surface area (Å²) in [4.78, 5) is 22.4. The zero-order valence-corrected chi connectivity index (χ0v) is 11.2. The lowest BCUT2D eigenvalue weighted by molar-refractivity contribution is -0.116. The fraction of sp³-hybridized carbons (Fsp3) is 0.333. The Bertz CT molecular complexity index is 443. The second-order valence-electron chi connectivity index (χ2n) is 4.15. The summed E-state index contributed by atoms with van der Waals surface area (Å²) in [5, 5.41) is 11.5. The summed E-state index contributed by atoms with van der Waals surface area (Å²) < 4.78 is 0.666. The summed E-state index contributed by atoms with van der Waals surface area (Å²) in [6, 6.07) is 4.52. The molecule has 1 aromatic carbocycles. The monoisotopic (exact) mass is 299 g/mol. The Morgan fingerprint density at radius 3 is 2.59 bits per heavy atom. The van der Waals surface area contributed by atoms with Gasteiger partial charge in [-0.1, -0.05) is 13.8 Å². The Balaban J connectivity index is 2.86. The lowest BCUT2D eigenvalue weighted by Crippen LogP contribution is -2.14. The van der Waals surface area contributed by atoms with Gasteiger partial charge < -0.3 is 10.4 Å². The summed E-state index contributed by atoms with van der Waals surface area (Å²) in [7, 11) is 0. The molecule has 0 unspecified atom stereocenters. The van der Waals surface area contributed by atoms with Gasteiger partial charge in [0.15, 0.2) is 0 Å². The summed E-state index contributed by atoms with van der Waals surface area (Å²) in [5.74, 6) is -0.878. The molecule has 92 valence electrons. The molecule has 0 spiro atoms. The van der Waals surface area contributed by atoms with Crippen LogP contribution in [-0.2, 0) is 4.79 Å². The van der Waals surface area contributed by atoms with Crippen LogP contribution in [0.3, 0.4) is 0 Å². The predicted molar refractivity (Wildman–Crippen MR) is 69.2 cm³/mol. The van der Waals surface area contributed by atoms with Gasteiger partial charge in [0.1, 0.15) is 0 Å². The van der Waals surface area contributed by atoms with Crippen molar-refractivity contribution in [2.24, 2.45) is 5.92 Å². The van der Waals surface area contributed by atoms with E-state index in [4.69, 9.17) is 5.11 Å². The SMILES string of the molecule is CC(C)CC(=O)Nc1cc(C(=O)O)ccc1Br. The van der Waals surface area contributed by atoms with Crippen molar-refractivity contribution in [1.29, 1.82) is 0 Å². The van der Waals surface area contributed by atoms with Crippen LogP contribution in [0.1, 0.15) is 30.6 Å². The predicted octanol–water partition coefficient (Wildman–Crippen LogP) is 3.13. The van der Waals surface area contributed by atoms with Crippen molar-refractivity contribution in [3.8, 4) is 0 Å². The van der Waals surface area contributed by atoms with E-state index in [0.29, 0.717) is 16.6 Å². The van der Waals surface area contributed by atoms with Crippen molar-refractivity contribution < 1.29 is 14.7 Å². The third-order valence-electron chi connectivity index (χ3n) is 2.08. The van der Waals surface area contributed by atoms with Gasteiger partial charge in [0.25, 0.3) is 0 Å². The highest BCUT2D eigenvalue weighted by atomic mass is 79.9. The average molecular weight is 300 g/mol. The Hall–Kier alpha value is -1.36. The lowest BCUT2D eigenvalue weighted by Gasteiger charge is -2.09. The summed E-state index contributed by atoms with van der Waals surface area (Å²) in [5.41, 5.74) is 0.628. The highest BCUT2D eigenvalue weighted by Crippen LogP contribution is 2.24.